The molecule has 0 aromatic rings. The molecule has 0 aliphatic carbocycles. The van der Waals surface area contributed by atoms with Crippen molar-refractivity contribution in [2.75, 3.05) is 11.5 Å². The van der Waals surface area contributed by atoms with E-state index in [1.54, 1.807) is 13.8 Å². The maximum atomic E-state index is 12.3. The summed E-state index contributed by atoms with van der Waals surface area (Å²) in [6, 6.07) is -1.01. The van der Waals surface area contributed by atoms with Crippen LogP contribution in [0.15, 0.2) is 34.9 Å². The Hall–Kier alpha value is -2.02. The van der Waals surface area contributed by atoms with Crippen molar-refractivity contribution in [3.63, 3.8) is 0 Å². The van der Waals surface area contributed by atoms with Crippen molar-refractivity contribution in [1.82, 2.24) is 10.6 Å². The van der Waals surface area contributed by atoms with Gasteiger partial charge in [-0.05, 0) is 67.2 Å². The fourth-order valence-electron chi connectivity index (χ4n) is 2.74. The highest BCUT2D eigenvalue weighted by molar-refractivity contribution is 7.99. The Bertz CT molecular complexity index is 704. The number of nitrogens with one attached hydrogen (secondary N) is 2. The van der Waals surface area contributed by atoms with Crippen LogP contribution >= 0.6 is 11.8 Å². The van der Waals surface area contributed by atoms with E-state index in [4.69, 9.17) is 0 Å². The summed E-state index contributed by atoms with van der Waals surface area (Å²) in [5, 5.41) is 14.4. The smallest absolute Gasteiger partial charge is 0.327 e. The number of carboxylic acid groups (broad SMARTS) is 1. The minimum absolute atomic E-state index is 0.254. The summed E-state index contributed by atoms with van der Waals surface area (Å²) in [6.45, 7) is 12.9. The molecule has 0 aromatic carbocycles. The predicted octanol–water partition coefficient (Wildman–Crippen LogP) is 4.62. The van der Waals surface area contributed by atoms with E-state index in [9.17, 15) is 19.5 Å². The van der Waals surface area contributed by atoms with Gasteiger partial charge in [0.15, 0.2) is 0 Å². The van der Waals surface area contributed by atoms with Gasteiger partial charge in [0.2, 0.25) is 11.8 Å². The van der Waals surface area contributed by atoms with E-state index in [1.165, 1.54) is 35.4 Å². The molecule has 0 bridgehead atoms. The van der Waals surface area contributed by atoms with Gasteiger partial charge in [-0.1, -0.05) is 34.9 Å². The number of carboxylic acids is 1. The normalized spacial score (nSPS) is 13.4. The third kappa shape index (κ3) is 14.6. The topological polar surface area (TPSA) is 95.5 Å². The zero-order chi connectivity index (χ0) is 24.0. The molecule has 0 aliphatic heterocycles. The summed E-state index contributed by atoms with van der Waals surface area (Å²) in [6.07, 6.45) is 10.8. The fraction of sp³-hybridized carbons (Fsp3) is 0.625. The fourth-order valence-corrected chi connectivity index (χ4v) is 3.74. The quantitative estimate of drug-likeness (QED) is 0.264. The molecule has 176 valence electrons. The molecule has 0 radical (unpaired) electrons. The van der Waals surface area contributed by atoms with Gasteiger partial charge < -0.3 is 15.7 Å². The SMILES string of the molecule is CC(=O)NC(C)(C)C(=O)N[C@@H](CSC/C=C(\C)CC/C=C(\C)CCC=C(C)C)C(=O)O. The van der Waals surface area contributed by atoms with Gasteiger partial charge in [-0.3, -0.25) is 9.59 Å². The molecule has 2 amide bonds. The van der Waals surface area contributed by atoms with Crippen molar-refractivity contribution in [3.05, 3.63) is 34.9 Å². The molecular formula is C24H40N2O4S. The maximum absolute atomic E-state index is 12.3. The number of thioether (sulfide) groups is 1. The summed E-state index contributed by atoms with van der Waals surface area (Å²) in [5.41, 5.74) is 2.86. The molecule has 0 rings (SSSR count). The van der Waals surface area contributed by atoms with Gasteiger partial charge in [-0.2, -0.15) is 11.8 Å². The lowest BCUT2D eigenvalue weighted by Crippen LogP contribution is -2.58. The van der Waals surface area contributed by atoms with Crippen LogP contribution in [0.5, 0.6) is 0 Å². The minimum atomic E-state index is -1.17. The number of carbonyl (C=O) groups is 3. The Labute approximate surface area is 192 Å². The summed E-state index contributed by atoms with van der Waals surface area (Å²) < 4.78 is 0. The monoisotopic (exact) mass is 452 g/mol. The van der Waals surface area contributed by atoms with Crippen LogP contribution < -0.4 is 10.6 Å². The molecule has 0 saturated heterocycles. The molecule has 7 heteroatoms. The van der Waals surface area contributed by atoms with Gasteiger partial charge in [0.1, 0.15) is 11.6 Å². The number of hydrogen-bond acceptors (Lipinski definition) is 4. The Morgan fingerprint density at radius 2 is 1.48 bits per heavy atom. The van der Waals surface area contributed by atoms with Crippen LogP contribution in [0.4, 0.5) is 0 Å². The Morgan fingerprint density at radius 1 is 0.935 bits per heavy atom. The van der Waals surface area contributed by atoms with Crippen molar-refractivity contribution in [1.29, 1.82) is 0 Å². The lowest BCUT2D eigenvalue weighted by atomic mass is 10.0. The second-order valence-electron chi connectivity index (χ2n) is 8.67. The summed E-state index contributed by atoms with van der Waals surface area (Å²) in [7, 11) is 0. The first-order chi connectivity index (χ1) is 14.3. The standard InChI is InChI=1S/C24H40N2O4S/c1-17(2)10-8-11-18(3)12-9-13-19(4)14-15-31-16-21(22(28)29)25-23(30)24(6,7)26-20(5)27/h10,12,14,21H,8-9,11,13,15-16H2,1-7H3,(H,25,30)(H,26,27)(H,28,29)/b18-12+,19-14+/t21-/m0/s1. The zero-order valence-corrected chi connectivity index (χ0v) is 20.9. The van der Waals surface area contributed by atoms with Crippen LogP contribution in [-0.4, -0.2) is 46.0 Å². The lowest BCUT2D eigenvalue weighted by Gasteiger charge is -2.26. The highest BCUT2D eigenvalue weighted by Crippen LogP contribution is 2.13. The lowest BCUT2D eigenvalue weighted by molar-refractivity contribution is -0.142. The molecule has 31 heavy (non-hydrogen) atoms. The van der Waals surface area contributed by atoms with E-state index in [0.717, 1.165) is 25.7 Å². The van der Waals surface area contributed by atoms with Gasteiger partial charge in [-0.25, -0.2) is 4.79 Å². The Balaban J connectivity index is 4.44. The van der Waals surface area contributed by atoms with Gasteiger partial charge >= 0.3 is 5.97 Å². The summed E-state index contributed by atoms with van der Waals surface area (Å²) in [5.74, 6) is -1.02. The minimum Gasteiger partial charge on any atom is -0.480 e. The van der Waals surface area contributed by atoms with Crippen LogP contribution in [0.2, 0.25) is 0 Å². The molecule has 3 N–H and O–H groups in total. The van der Waals surface area contributed by atoms with Crippen molar-refractivity contribution in [3.8, 4) is 0 Å². The number of hydrogen-bond donors (Lipinski definition) is 3. The largest absolute Gasteiger partial charge is 0.480 e. The zero-order valence-electron chi connectivity index (χ0n) is 20.1. The van der Waals surface area contributed by atoms with Crippen molar-refractivity contribution in [2.45, 2.75) is 85.7 Å². The van der Waals surface area contributed by atoms with Gasteiger partial charge in [-0.15, -0.1) is 0 Å². The highest BCUT2D eigenvalue weighted by atomic mass is 32.2. The number of allylic oxidation sites excluding steroid dienone is 5. The average molecular weight is 453 g/mol. The van der Waals surface area contributed by atoms with Crippen LogP contribution in [0.25, 0.3) is 0 Å². The van der Waals surface area contributed by atoms with Crippen LogP contribution in [0, 0.1) is 0 Å². The van der Waals surface area contributed by atoms with E-state index in [1.807, 2.05) is 0 Å². The van der Waals surface area contributed by atoms with Crippen molar-refractivity contribution < 1.29 is 19.5 Å². The van der Waals surface area contributed by atoms with Crippen molar-refractivity contribution in [2.24, 2.45) is 0 Å². The summed E-state index contributed by atoms with van der Waals surface area (Å²) in [4.78, 5) is 35.0. The van der Waals surface area contributed by atoms with Gasteiger partial charge in [0.25, 0.3) is 0 Å². The van der Waals surface area contributed by atoms with Crippen LogP contribution in [-0.2, 0) is 14.4 Å². The number of aliphatic carboxylic acids is 1. The molecule has 1 atom stereocenters. The summed E-state index contributed by atoms with van der Waals surface area (Å²) >= 11 is 1.46. The number of rotatable bonds is 14. The third-order valence-electron chi connectivity index (χ3n) is 4.62. The molecule has 0 saturated carbocycles. The Kier molecular flexibility index (Phi) is 13.9. The molecule has 0 heterocycles. The van der Waals surface area contributed by atoms with E-state index < -0.39 is 23.5 Å². The molecule has 0 fully saturated rings. The number of carbonyl (C=O) groups excluding carboxylic acids is 2. The van der Waals surface area contributed by atoms with E-state index in [0.29, 0.717) is 5.75 Å². The average Bonchev–Trinajstić information content (AvgIpc) is 2.62. The van der Waals surface area contributed by atoms with Crippen LogP contribution in [0.3, 0.4) is 0 Å². The first-order valence-corrected chi connectivity index (χ1v) is 11.9. The van der Waals surface area contributed by atoms with E-state index in [-0.39, 0.29) is 11.7 Å². The maximum Gasteiger partial charge on any atom is 0.327 e. The Morgan fingerprint density at radius 3 is 2.00 bits per heavy atom. The molecule has 0 unspecified atom stereocenters. The van der Waals surface area contributed by atoms with E-state index in [2.05, 4.69) is 56.6 Å². The van der Waals surface area contributed by atoms with Gasteiger partial charge in [0.05, 0.1) is 0 Å². The molecular weight excluding hydrogens is 412 g/mol. The highest BCUT2D eigenvalue weighted by Gasteiger charge is 2.31. The molecule has 6 nitrogen and oxygen atoms in total. The first kappa shape index (κ1) is 29.0. The second-order valence-corrected chi connectivity index (χ2v) is 9.74. The second kappa shape index (κ2) is 14.9. The van der Waals surface area contributed by atoms with Crippen LogP contribution in [0.1, 0.15) is 74.1 Å². The van der Waals surface area contributed by atoms with Gasteiger partial charge in [0, 0.05) is 18.4 Å². The van der Waals surface area contributed by atoms with E-state index >= 15 is 0 Å². The first-order valence-electron chi connectivity index (χ1n) is 10.7. The third-order valence-corrected chi connectivity index (χ3v) is 5.59. The van der Waals surface area contributed by atoms with Crippen molar-refractivity contribution >= 4 is 29.5 Å². The molecule has 0 aromatic heterocycles. The number of amides is 2. The predicted molar refractivity (Wildman–Crippen MR) is 130 cm³/mol. The molecule has 0 aliphatic rings. The molecule has 0 spiro atoms.